The van der Waals surface area contributed by atoms with Crippen LogP contribution in [0.25, 0.3) is 5.52 Å². The number of ether oxygens (including phenoxy) is 2. The lowest BCUT2D eigenvalue weighted by atomic mass is 10.2. The average Bonchev–Trinajstić information content (AvgIpc) is 3.24. The van der Waals surface area contributed by atoms with Crippen LogP contribution in [0.5, 0.6) is 5.75 Å². The summed E-state index contributed by atoms with van der Waals surface area (Å²) < 4.78 is 12.3. The number of hydrogen-bond acceptors (Lipinski definition) is 6. The summed E-state index contributed by atoms with van der Waals surface area (Å²) in [5, 5.41) is 5.39. The van der Waals surface area contributed by atoms with Gasteiger partial charge in [0.2, 0.25) is 0 Å². The maximum absolute atomic E-state index is 11.8. The van der Waals surface area contributed by atoms with Gasteiger partial charge in [-0.05, 0) is 37.6 Å². The average molecular weight is 477 g/mol. The highest BCUT2D eigenvalue weighted by Gasteiger charge is 2.19. The van der Waals surface area contributed by atoms with Gasteiger partial charge in [0.1, 0.15) is 11.3 Å². The topological polar surface area (TPSA) is 59.3 Å². The fraction of sp³-hybridized carbons (Fsp3) is 0.391. The van der Waals surface area contributed by atoms with Crippen molar-refractivity contribution >= 4 is 40.4 Å². The Morgan fingerprint density at radius 3 is 2.72 bits per heavy atom. The molecular formula is C23H26Cl2N4O3. The lowest BCUT2D eigenvalue weighted by Gasteiger charge is -2.36. The van der Waals surface area contributed by atoms with Gasteiger partial charge >= 0.3 is 5.97 Å². The molecule has 1 aliphatic heterocycles. The van der Waals surface area contributed by atoms with E-state index in [1.807, 2.05) is 30.3 Å². The van der Waals surface area contributed by atoms with Crippen LogP contribution in [0, 0.1) is 0 Å². The zero-order valence-corrected chi connectivity index (χ0v) is 19.5. The summed E-state index contributed by atoms with van der Waals surface area (Å²) in [6.07, 6.45) is 5.29. The lowest BCUT2D eigenvalue weighted by molar-refractivity contribution is 0.0603. The number of carbonyl (C=O) groups excluding carboxylic acids is 1. The zero-order chi connectivity index (χ0) is 22.5. The number of rotatable bonds is 8. The molecule has 0 unspecified atom stereocenters. The molecule has 0 spiro atoms. The molecule has 0 N–H and O–H groups in total. The van der Waals surface area contributed by atoms with E-state index in [1.54, 1.807) is 10.7 Å². The Hall–Kier alpha value is -2.48. The van der Waals surface area contributed by atoms with Crippen LogP contribution < -0.4 is 9.64 Å². The van der Waals surface area contributed by atoms with Gasteiger partial charge in [0.05, 0.1) is 41.2 Å². The Morgan fingerprint density at radius 1 is 1.12 bits per heavy atom. The normalized spacial score (nSPS) is 14.7. The van der Waals surface area contributed by atoms with Crippen LogP contribution in [0.4, 0.5) is 5.69 Å². The Bertz CT molecular complexity index is 1080. The van der Waals surface area contributed by atoms with Crippen LogP contribution in [0.15, 0.2) is 42.7 Å². The summed E-state index contributed by atoms with van der Waals surface area (Å²) in [5.74, 6) is 0.310. The molecule has 170 valence electrons. The van der Waals surface area contributed by atoms with E-state index in [2.05, 4.69) is 14.9 Å². The van der Waals surface area contributed by atoms with Gasteiger partial charge in [-0.3, -0.25) is 4.90 Å². The summed E-state index contributed by atoms with van der Waals surface area (Å²) >= 11 is 12.5. The number of pyridine rings is 1. The van der Waals surface area contributed by atoms with Crippen molar-refractivity contribution < 1.29 is 14.3 Å². The number of fused-ring (bicyclic) bond motifs is 1. The molecule has 0 atom stereocenters. The molecule has 0 amide bonds. The molecule has 0 bridgehead atoms. The predicted octanol–water partition coefficient (Wildman–Crippen LogP) is 4.41. The van der Waals surface area contributed by atoms with Gasteiger partial charge in [0.15, 0.2) is 0 Å². The number of methoxy groups -OCH3 is 1. The minimum absolute atomic E-state index is 0.408. The first-order valence-electron chi connectivity index (χ1n) is 10.7. The molecule has 9 heteroatoms. The Morgan fingerprint density at radius 2 is 1.94 bits per heavy atom. The van der Waals surface area contributed by atoms with Crippen LogP contribution >= 0.6 is 23.2 Å². The highest BCUT2D eigenvalue weighted by molar-refractivity contribution is 6.43. The third-order valence-electron chi connectivity index (χ3n) is 5.68. The zero-order valence-electron chi connectivity index (χ0n) is 18.0. The number of esters is 1. The van der Waals surface area contributed by atoms with E-state index in [4.69, 9.17) is 32.7 Å². The molecule has 7 nitrogen and oxygen atoms in total. The molecule has 0 radical (unpaired) electrons. The largest absolute Gasteiger partial charge is 0.493 e. The van der Waals surface area contributed by atoms with E-state index < -0.39 is 5.97 Å². The lowest BCUT2D eigenvalue weighted by Crippen LogP contribution is -2.46. The van der Waals surface area contributed by atoms with Crippen LogP contribution in [0.1, 0.15) is 23.2 Å². The van der Waals surface area contributed by atoms with E-state index in [1.165, 1.54) is 13.3 Å². The van der Waals surface area contributed by atoms with E-state index in [0.717, 1.165) is 57.0 Å². The van der Waals surface area contributed by atoms with Gasteiger partial charge in [-0.2, -0.15) is 5.10 Å². The number of carbonyl (C=O) groups is 1. The molecule has 4 rings (SSSR count). The fourth-order valence-corrected chi connectivity index (χ4v) is 4.31. The van der Waals surface area contributed by atoms with Crippen molar-refractivity contribution in [3.63, 3.8) is 0 Å². The maximum atomic E-state index is 11.8. The molecule has 1 aromatic carbocycles. The van der Waals surface area contributed by atoms with Crippen molar-refractivity contribution in [1.29, 1.82) is 0 Å². The minimum Gasteiger partial charge on any atom is -0.493 e. The van der Waals surface area contributed by atoms with Crippen LogP contribution in [-0.2, 0) is 4.74 Å². The molecule has 2 aromatic heterocycles. The molecule has 3 aromatic rings. The molecule has 0 saturated carbocycles. The number of anilines is 1. The van der Waals surface area contributed by atoms with Gasteiger partial charge in [-0.25, -0.2) is 9.31 Å². The smallest absolute Gasteiger partial charge is 0.341 e. The molecule has 3 heterocycles. The number of aromatic nitrogens is 2. The quantitative estimate of drug-likeness (QED) is 0.354. The van der Waals surface area contributed by atoms with Gasteiger partial charge in [-0.1, -0.05) is 29.3 Å². The van der Waals surface area contributed by atoms with E-state index in [9.17, 15) is 4.79 Å². The standard InChI is InChI=1S/C23H26Cl2N4O3/c1-31-23(30)18-16-26-29-9-7-17(15-21(18)29)32-14-3-2-8-27-10-12-28(13-11-27)20-6-4-5-19(24)22(20)25/h4-7,9,15-16H,2-3,8,10-14H2,1H3. The van der Waals surface area contributed by atoms with Crippen LogP contribution in [0.2, 0.25) is 10.0 Å². The van der Waals surface area contributed by atoms with Crippen molar-refractivity contribution in [1.82, 2.24) is 14.5 Å². The monoisotopic (exact) mass is 476 g/mol. The molecule has 32 heavy (non-hydrogen) atoms. The predicted molar refractivity (Wildman–Crippen MR) is 126 cm³/mol. The number of halogens is 2. The number of unbranched alkanes of at least 4 members (excludes halogenated alkanes) is 1. The Kier molecular flexibility index (Phi) is 7.40. The minimum atomic E-state index is -0.408. The fourth-order valence-electron chi connectivity index (χ4n) is 3.89. The van der Waals surface area contributed by atoms with E-state index in [-0.39, 0.29) is 0 Å². The number of benzene rings is 1. The van der Waals surface area contributed by atoms with Crippen LogP contribution in [0.3, 0.4) is 0 Å². The summed E-state index contributed by atoms with van der Waals surface area (Å²) in [6.45, 7) is 5.52. The second-order valence-corrected chi connectivity index (χ2v) is 8.48. The Labute approximate surface area is 197 Å². The first-order chi connectivity index (χ1) is 15.6. The highest BCUT2D eigenvalue weighted by Crippen LogP contribution is 2.32. The highest BCUT2D eigenvalue weighted by atomic mass is 35.5. The first-order valence-corrected chi connectivity index (χ1v) is 11.4. The summed E-state index contributed by atoms with van der Waals surface area (Å²) in [4.78, 5) is 16.6. The molecular weight excluding hydrogens is 451 g/mol. The van der Waals surface area contributed by atoms with Gasteiger partial charge in [0, 0.05) is 38.4 Å². The SMILES string of the molecule is COC(=O)c1cnn2ccc(OCCCCN3CCN(c4cccc(Cl)c4Cl)CC3)cc12. The first kappa shape index (κ1) is 22.7. The summed E-state index contributed by atoms with van der Waals surface area (Å²) in [5.41, 5.74) is 2.11. The van der Waals surface area contributed by atoms with Crippen molar-refractivity contribution in [2.45, 2.75) is 12.8 Å². The van der Waals surface area contributed by atoms with E-state index in [0.29, 0.717) is 27.7 Å². The van der Waals surface area contributed by atoms with Crippen molar-refractivity contribution in [2.75, 3.05) is 51.3 Å². The third-order valence-corrected chi connectivity index (χ3v) is 6.49. The third kappa shape index (κ3) is 5.11. The summed E-state index contributed by atoms with van der Waals surface area (Å²) in [6, 6.07) is 9.45. The van der Waals surface area contributed by atoms with Gasteiger partial charge in [0.25, 0.3) is 0 Å². The summed E-state index contributed by atoms with van der Waals surface area (Å²) in [7, 11) is 1.36. The van der Waals surface area contributed by atoms with Crippen molar-refractivity contribution in [3.05, 3.63) is 58.3 Å². The number of nitrogens with zero attached hydrogens (tertiary/aromatic N) is 4. The van der Waals surface area contributed by atoms with Gasteiger partial charge < -0.3 is 14.4 Å². The van der Waals surface area contributed by atoms with Crippen LogP contribution in [-0.4, -0.2) is 66.9 Å². The second-order valence-electron chi connectivity index (χ2n) is 7.70. The van der Waals surface area contributed by atoms with Crippen molar-refractivity contribution in [2.24, 2.45) is 0 Å². The molecule has 0 aliphatic carbocycles. The number of piperazine rings is 1. The van der Waals surface area contributed by atoms with E-state index >= 15 is 0 Å². The van der Waals surface area contributed by atoms with Crippen molar-refractivity contribution in [3.8, 4) is 5.75 Å². The molecule has 1 fully saturated rings. The molecule has 1 aliphatic rings. The maximum Gasteiger partial charge on any atom is 0.341 e. The van der Waals surface area contributed by atoms with Gasteiger partial charge in [-0.15, -0.1) is 0 Å². The number of hydrogen-bond donors (Lipinski definition) is 0. The molecule has 1 saturated heterocycles. The Balaban J connectivity index is 1.20. The second kappa shape index (κ2) is 10.4.